The van der Waals surface area contributed by atoms with Gasteiger partial charge in [-0.05, 0) is 55.1 Å². The maximum absolute atomic E-state index is 9.02. The number of hydrogen-bond donors (Lipinski definition) is 1. The quantitative estimate of drug-likeness (QED) is 0.874. The molecule has 0 amide bonds. The van der Waals surface area contributed by atoms with E-state index in [2.05, 4.69) is 22.0 Å². The molecule has 1 saturated carbocycles. The van der Waals surface area contributed by atoms with Gasteiger partial charge in [0.15, 0.2) is 0 Å². The van der Waals surface area contributed by atoms with E-state index < -0.39 is 0 Å². The van der Waals surface area contributed by atoms with Crippen LogP contribution in [0.2, 0.25) is 0 Å². The number of aliphatic hydroxyl groups is 1. The first-order chi connectivity index (χ1) is 10.3. The second-order valence-corrected chi connectivity index (χ2v) is 6.45. The van der Waals surface area contributed by atoms with Gasteiger partial charge in [-0.15, -0.1) is 0 Å². The Morgan fingerprint density at radius 3 is 2.76 bits per heavy atom. The minimum Gasteiger partial charge on any atom is -0.396 e. The molecule has 2 atom stereocenters. The van der Waals surface area contributed by atoms with Crippen molar-refractivity contribution in [3.05, 3.63) is 23.9 Å². The number of rotatable bonds is 6. The average molecular weight is 290 g/mol. The maximum atomic E-state index is 9.02. The van der Waals surface area contributed by atoms with Gasteiger partial charge in [0.05, 0.1) is 6.61 Å². The van der Waals surface area contributed by atoms with Crippen molar-refractivity contribution in [1.29, 1.82) is 0 Å². The molecule has 2 heterocycles. The molecule has 1 saturated heterocycles. The summed E-state index contributed by atoms with van der Waals surface area (Å²) in [5.41, 5.74) is 1.13. The van der Waals surface area contributed by atoms with E-state index >= 15 is 0 Å². The number of ether oxygens (including phenoxy) is 1. The van der Waals surface area contributed by atoms with Crippen molar-refractivity contribution in [2.45, 2.75) is 32.3 Å². The van der Waals surface area contributed by atoms with E-state index in [-0.39, 0.29) is 0 Å². The molecule has 2 fully saturated rings. The van der Waals surface area contributed by atoms with Crippen LogP contribution < -0.4 is 4.90 Å². The molecular formula is C17H26N2O2. The van der Waals surface area contributed by atoms with Gasteiger partial charge < -0.3 is 14.7 Å². The Morgan fingerprint density at radius 2 is 2.14 bits per heavy atom. The summed E-state index contributed by atoms with van der Waals surface area (Å²) in [6, 6.07) is 4.22. The predicted molar refractivity (Wildman–Crippen MR) is 83.2 cm³/mol. The molecule has 0 bridgehead atoms. The fourth-order valence-electron chi connectivity index (χ4n) is 3.76. The Bertz CT molecular complexity index is 441. The van der Waals surface area contributed by atoms with Gasteiger partial charge >= 0.3 is 0 Å². The zero-order valence-corrected chi connectivity index (χ0v) is 12.9. The van der Waals surface area contributed by atoms with Crippen LogP contribution in [0.3, 0.4) is 0 Å². The van der Waals surface area contributed by atoms with Crippen LogP contribution in [0.15, 0.2) is 18.3 Å². The van der Waals surface area contributed by atoms with Crippen LogP contribution >= 0.6 is 0 Å². The number of pyridine rings is 1. The summed E-state index contributed by atoms with van der Waals surface area (Å²) in [7, 11) is 1.71. The monoisotopic (exact) mass is 290 g/mol. The van der Waals surface area contributed by atoms with E-state index in [1.54, 1.807) is 7.11 Å². The van der Waals surface area contributed by atoms with Crippen molar-refractivity contribution in [1.82, 2.24) is 4.98 Å². The Morgan fingerprint density at radius 1 is 1.33 bits per heavy atom. The van der Waals surface area contributed by atoms with Gasteiger partial charge in [0, 0.05) is 33.0 Å². The third-order valence-electron chi connectivity index (χ3n) is 5.07. The third-order valence-corrected chi connectivity index (χ3v) is 5.07. The molecule has 2 unspecified atom stereocenters. The molecule has 0 spiro atoms. The number of anilines is 1. The molecule has 116 valence electrons. The van der Waals surface area contributed by atoms with E-state index in [4.69, 9.17) is 9.84 Å². The van der Waals surface area contributed by atoms with E-state index in [1.165, 1.54) is 19.3 Å². The van der Waals surface area contributed by atoms with Crippen LogP contribution in [0, 0.1) is 17.8 Å². The molecule has 0 aromatic carbocycles. The zero-order valence-electron chi connectivity index (χ0n) is 12.9. The standard InChI is InChI=1S/C17H26N2O2/c1-21-12-13-2-3-17(18-11-13)19-7-4-14(5-8-19)16-10-15(16)6-9-20/h2-3,11,14-16,20H,4-10,12H2,1H3. The first-order valence-corrected chi connectivity index (χ1v) is 8.11. The smallest absolute Gasteiger partial charge is 0.128 e. The predicted octanol–water partition coefficient (Wildman–Crippen LogP) is 2.46. The summed E-state index contributed by atoms with van der Waals surface area (Å²) in [5.74, 6) is 3.65. The lowest BCUT2D eigenvalue weighted by molar-refractivity contribution is 0.184. The Labute approximate surface area is 127 Å². The Balaban J connectivity index is 1.49. The topological polar surface area (TPSA) is 45.6 Å². The van der Waals surface area contributed by atoms with Crippen LogP contribution in [0.25, 0.3) is 0 Å². The van der Waals surface area contributed by atoms with Crippen molar-refractivity contribution < 1.29 is 9.84 Å². The number of nitrogens with zero attached hydrogens (tertiary/aromatic N) is 2. The molecule has 1 aromatic rings. The van der Waals surface area contributed by atoms with Crippen LogP contribution in [0.1, 0.15) is 31.2 Å². The largest absolute Gasteiger partial charge is 0.396 e. The fraction of sp³-hybridized carbons (Fsp3) is 0.706. The SMILES string of the molecule is COCc1ccc(N2CCC(C3CC3CCO)CC2)nc1. The molecule has 0 radical (unpaired) electrons. The van der Waals surface area contributed by atoms with E-state index in [0.29, 0.717) is 13.2 Å². The molecular weight excluding hydrogens is 264 g/mol. The minimum atomic E-state index is 0.359. The lowest BCUT2D eigenvalue weighted by Gasteiger charge is -2.33. The molecule has 1 aromatic heterocycles. The second kappa shape index (κ2) is 6.75. The van der Waals surface area contributed by atoms with Crippen LogP contribution in [-0.2, 0) is 11.3 Å². The van der Waals surface area contributed by atoms with Crippen LogP contribution in [-0.4, -0.2) is 36.9 Å². The number of aromatic nitrogens is 1. The molecule has 1 N–H and O–H groups in total. The summed E-state index contributed by atoms with van der Waals surface area (Å²) in [4.78, 5) is 6.96. The van der Waals surface area contributed by atoms with Crippen molar-refractivity contribution in [2.24, 2.45) is 17.8 Å². The number of piperidine rings is 1. The number of methoxy groups -OCH3 is 1. The van der Waals surface area contributed by atoms with Gasteiger partial charge in [-0.3, -0.25) is 0 Å². The highest BCUT2D eigenvalue weighted by atomic mass is 16.5. The van der Waals surface area contributed by atoms with Gasteiger partial charge in [-0.1, -0.05) is 6.07 Å². The van der Waals surface area contributed by atoms with Gasteiger partial charge in [-0.25, -0.2) is 4.98 Å². The molecule has 3 rings (SSSR count). The highest BCUT2D eigenvalue weighted by molar-refractivity contribution is 5.39. The summed E-state index contributed by atoms with van der Waals surface area (Å²) < 4.78 is 5.12. The van der Waals surface area contributed by atoms with E-state index in [0.717, 1.165) is 48.6 Å². The lowest BCUT2D eigenvalue weighted by atomic mass is 9.90. The second-order valence-electron chi connectivity index (χ2n) is 6.45. The third kappa shape index (κ3) is 3.55. The van der Waals surface area contributed by atoms with E-state index in [1.807, 2.05) is 6.20 Å². The normalized spacial score (nSPS) is 26.1. The number of aliphatic hydroxyl groups excluding tert-OH is 1. The van der Waals surface area contributed by atoms with Gasteiger partial charge in [0.2, 0.25) is 0 Å². The maximum Gasteiger partial charge on any atom is 0.128 e. The molecule has 2 aliphatic rings. The fourth-order valence-corrected chi connectivity index (χ4v) is 3.76. The van der Waals surface area contributed by atoms with Gasteiger partial charge in [0.1, 0.15) is 5.82 Å². The summed E-state index contributed by atoms with van der Waals surface area (Å²) >= 11 is 0. The molecule has 1 aliphatic heterocycles. The van der Waals surface area contributed by atoms with Crippen molar-refractivity contribution in [2.75, 3.05) is 31.7 Å². The van der Waals surface area contributed by atoms with Crippen molar-refractivity contribution in [3.63, 3.8) is 0 Å². The van der Waals surface area contributed by atoms with Crippen molar-refractivity contribution in [3.8, 4) is 0 Å². The highest BCUT2D eigenvalue weighted by Gasteiger charge is 2.42. The van der Waals surface area contributed by atoms with Gasteiger partial charge in [-0.2, -0.15) is 0 Å². The van der Waals surface area contributed by atoms with Crippen LogP contribution in [0.5, 0.6) is 0 Å². The molecule has 4 heteroatoms. The Kier molecular flexibility index (Phi) is 4.76. The van der Waals surface area contributed by atoms with Crippen molar-refractivity contribution >= 4 is 5.82 Å². The lowest BCUT2D eigenvalue weighted by Crippen LogP contribution is -2.35. The number of hydrogen-bond acceptors (Lipinski definition) is 4. The average Bonchev–Trinajstić information content (AvgIpc) is 3.28. The van der Waals surface area contributed by atoms with E-state index in [9.17, 15) is 0 Å². The first-order valence-electron chi connectivity index (χ1n) is 8.11. The minimum absolute atomic E-state index is 0.359. The first kappa shape index (κ1) is 14.8. The highest BCUT2D eigenvalue weighted by Crippen LogP contribution is 2.49. The summed E-state index contributed by atoms with van der Waals surface area (Å²) in [6.45, 7) is 3.22. The molecule has 1 aliphatic carbocycles. The molecule has 21 heavy (non-hydrogen) atoms. The summed E-state index contributed by atoms with van der Waals surface area (Å²) in [5, 5.41) is 9.02. The van der Waals surface area contributed by atoms with Crippen LogP contribution in [0.4, 0.5) is 5.82 Å². The Hall–Kier alpha value is -1.13. The summed E-state index contributed by atoms with van der Waals surface area (Å²) in [6.07, 6.45) is 6.81. The molecule has 4 nitrogen and oxygen atoms in total. The zero-order chi connectivity index (χ0) is 14.7. The van der Waals surface area contributed by atoms with Gasteiger partial charge in [0.25, 0.3) is 0 Å².